The van der Waals surface area contributed by atoms with Crippen molar-refractivity contribution in [2.45, 2.75) is 50.6 Å². The molecule has 1 aromatic carbocycles. The smallest absolute Gasteiger partial charge is 0.325 e. The lowest BCUT2D eigenvalue weighted by atomic mass is 9.90. The van der Waals surface area contributed by atoms with E-state index in [0.29, 0.717) is 18.7 Å². The number of benzene rings is 1. The van der Waals surface area contributed by atoms with Crippen molar-refractivity contribution in [2.24, 2.45) is 0 Å². The molecule has 3 amide bonds. The van der Waals surface area contributed by atoms with Gasteiger partial charge in [-0.2, -0.15) is 0 Å². The number of aromatic nitrogens is 2. The van der Waals surface area contributed by atoms with Gasteiger partial charge in [0.25, 0.3) is 5.91 Å². The number of nitrogens with one attached hydrogen (secondary N) is 1. The molecule has 2 aliphatic rings. The Morgan fingerprint density at radius 2 is 1.77 bits per heavy atom. The molecule has 1 spiro atoms. The molecule has 2 aromatic rings. The number of halogens is 1. The normalized spacial score (nSPS) is 19.7. The van der Waals surface area contributed by atoms with Gasteiger partial charge < -0.3 is 9.73 Å². The number of urea groups is 1. The maximum absolute atomic E-state index is 12.9. The number of amides is 3. The highest BCUT2D eigenvalue weighted by atomic mass is 79.9. The van der Waals surface area contributed by atoms with Crippen molar-refractivity contribution >= 4 is 27.9 Å². The molecule has 1 N–H and O–H groups in total. The predicted octanol–water partition coefficient (Wildman–Crippen LogP) is 3.64. The molecule has 1 saturated carbocycles. The van der Waals surface area contributed by atoms with E-state index in [1.807, 2.05) is 24.3 Å². The summed E-state index contributed by atoms with van der Waals surface area (Å²) in [4.78, 5) is 26.5. The Balaban J connectivity index is 1.51. The summed E-state index contributed by atoms with van der Waals surface area (Å²) in [5.74, 6) is 0.439. The van der Waals surface area contributed by atoms with Crippen LogP contribution in [0.3, 0.4) is 0 Å². The van der Waals surface area contributed by atoms with Crippen LogP contribution in [0.2, 0.25) is 0 Å². The van der Waals surface area contributed by atoms with Crippen LogP contribution >= 0.6 is 15.9 Å². The van der Waals surface area contributed by atoms with Crippen LogP contribution in [0.25, 0.3) is 11.5 Å². The van der Waals surface area contributed by atoms with Crippen LogP contribution in [-0.4, -0.2) is 32.6 Å². The number of hydrogen-bond donors (Lipinski definition) is 1. The van der Waals surface area contributed by atoms with Gasteiger partial charge in [-0.1, -0.05) is 41.6 Å². The van der Waals surface area contributed by atoms with Crippen molar-refractivity contribution in [2.75, 3.05) is 0 Å². The van der Waals surface area contributed by atoms with Crippen molar-refractivity contribution in [1.29, 1.82) is 0 Å². The van der Waals surface area contributed by atoms with E-state index in [0.717, 1.165) is 35.7 Å². The number of carbonyl (C=O) groups is 2. The van der Waals surface area contributed by atoms with E-state index in [4.69, 9.17) is 4.42 Å². The highest BCUT2D eigenvalue weighted by Gasteiger charge is 2.51. The largest absolute Gasteiger partial charge is 0.419 e. The Morgan fingerprint density at radius 3 is 2.46 bits per heavy atom. The highest BCUT2D eigenvalue weighted by molar-refractivity contribution is 9.10. The molecule has 2 heterocycles. The van der Waals surface area contributed by atoms with Gasteiger partial charge in [0, 0.05) is 10.0 Å². The van der Waals surface area contributed by atoms with Crippen molar-refractivity contribution in [3.8, 4) is 11.5 Å². The summed E-state index contributed by atoms with van der Waals surface area (Å²) < 4.78 is 6.61. The monoisotopic (exact) mass is 418 g/mol. The van der Waals surface area contributed by atoms with Gasteiger partial charge in [0.1, 0.15) is 12.1 Å². The molecule has 1 saturated heterocycles. The average molecular weight is 419 g/mol. The van der Waals surface area contributed by atoms with Gasteiger partial charge in [0.15, 0.2) is 0 Å². The number of hydrogen-bond acceptors (Lipinski definition) is 5. The minimum atomic E-state index is -0.748. The first-order valence-corrected chi connectivity index (χ1v) is 9.59. The zero-order valence-electron chi connectivity index (χ0n) is 14.2. The second-order valence-electron chi connectivity index (χ2n) is 6.83. The molecule has 26 heavy (non-hydrogen) atoms. The number of rotatable bonds is 3. The van der Waals surface area contributed by atoms with Crippen LogP contribution in [0.15, 0.2) is 33.2 Å². The molecule has 4 rings (SSSR count). The quantitative estimate of drug-likeness (QED) is 0.768. The van der Waals surface area contributed by atoms with Crippen LogP contribution in [-0.2, 0) is 11.3 Å². The zero-order chi connectivity index (χ0) is 18.1. The Bertz CT molecular complexity index is 825. The highest BCUT2D eigenvalue weighted by Crippen LogP contribution is 2.33. The Hall–Kier alpha value is -2.22. The lowest BCUT2D eigenvalue weighted by Gasteiger charge is -2.24. The number of carbonyl (C=O) groups excluding carboxylic acids is 2. The van der Waals surface area contributed by atoms with Gasteiger partial charge in [-0.05, 0) is 37.1 Å². The summed E-state index contributed by atoms with van der Waals surface area (Å²) >= 11 is 3.38. The maximum atomic E-state index is 12.9. The SMILES string of the molecule is O=C1NC2(CCCCCC2)C(=O)N1Cc1nnc(-c2ccc(Br)cc2)o1. The maximum Gasteiger partial charge on any atom is 0.325 e. The van der Waals surface area contributed by atoms with E-state index in [1.54, 1.807) is 0 Å². The van der Waals surface area contributed by atoms with E-state index in [-0.39, 0.29) is 24.4 Å². The van der Waals surface area contributed by atoms with Gasteiger partial charge in [-0.3, -0.25) is 9.69 Å². The summed E-state index contributed by atoms with van der Waals surface area (Å²) in [6.45, 7) is -0.00402. The molecule has 0 unspecified atom stereocenters. The van der Waals surface area contributed by atoms with Gasteiger partial charge >= 0.3 is 6.03 Å². The molecule has 136 valence electrons. The van der Waals surface area contributed by atoms with Crippen LogP contribution in [0.4, 0.5) is 4.79 Å². The second kappa shape index (κ2) is 6.83. The third-order valence-electron chi connectivity index (χ3n) is 5.05. The van der Waals surface area contributed by atoms with Gasteiger partial charge in [-0.25, -0.2) is 4.79 Å². The first kappa shape index (κ1) is 17.2. The molecule has 0 atom stereocenters. The van der Waals surface area contributed by atoms with Crippen LogP contribution in [0, 0.1) is 0 Å². The molecule has 0 radical (unpaired) electrons. The summed E-state index contributed by atoms with van der Waals surface area (Å²) in [7, 11) is 0. The van der Waals surface area contributed by atoms with E-state index < -0.39 is 5.54 Å². The fraction of sp³-hybridized carbons (Fsp3) is 0.444. The van der Waals surface area contributed by atoms with E-state index in [9.17, 15) is 9.59 Å². The Labute approximate surface area is 159 Å². The fourth-order valence-corrected chi connectivity index (χ4v) is 3.92. The van der Waals surface area contributed by atoms with Crippen LogP contribution < -0.4 is 5.32 Å². The molecule has 1 aliphatic heterocycles. The Kier molecular flexibility index (Phi) is 4.52. The van der Waals surface area contributed by atoms with E-state index >= 15 is 0 Å². The minimum Gasteiger partial charge on any atom is -0.419 e. The summed E-state index contributed by atoms with van der Waals surface area (Å²) in [5.41, 5.74) is 0.0340. The lowest BCUT2D eigenvalue weighted by Crippen LogP contribution is -2.46. The van der Waals surface area contributed by atoms with Crippen molar-refractivity contribution in [3.05, 3.63) is 34.6 Å². The molecule has 8 heteroatoms. The first-order chi connectivity index (χ1) is 12.6. The molecule has 1 aromatic heterocycles. The number of nitrogens with zero attached hydrogens (tertiary/aromatic N) is 3. The van der Waals surface area contributed by atoms with Crippen molar-refractivity contribution in [1.82, 2.24) is 20.4 Å². The standard InChI is InChI=1S/C18H19BrN4O3/c19-13-7-5-12(6-8-13)15-22-21-14(26-15)11-23-16(24)18(20-17(23)25)9-3-1-2-4-10-18/h5-8H,1-4,9-11H2,(H,20,25). The van der Waals surface area contributed by atoms with Crippen molar-refractivity contribution < 1.29 is 14.0 Å². The third kappa shape index (κ3) is 3.13. The van der Waals surface area contributed by atoms with Gasteiger partial charge in [0.05, 0.1) is 0 Å². The zero-order valence-corrected chi connectivity index (χ0v) is 15.8. The molecule has 0 bridgehead atoms. The van der Waals surface area contributed by atoms with Gasteiger partial charge in [0.2, 0.25) is 11.8 Å². The van der Waals surface area contributed by atoms with Crippen LogP contribution in [0.1, 0.15) is 44.4 Å². The second-order valence-corrected chi connectivity index (χ2v) is 7.74. The van der Waals surface area contributed by atoms with Gasteiger partial charge in [-0.15, -0.1) is 10.2 Å². The van der Waals surface area contributed by atoms with Crippen LogP contribution in [0.5, 0.6) is 0 Å². The van der Waals surface area contributed by atoms with Crippen molar-refractivity contribution in [3.63, 3.8) is 0 Å². The third-order valence-corrected chi connectivity index (χ3v) is 5.58. The van der Waals surface area contributed by atoms with E-state index in [1.165, 1.54) is 4.90 Å². The minimum absolute atomic E-state index is 0.00402. The fourth-order valence-electron chi connectivity index (χ4n) is 3.65. The van der Waals surface area contributed by atoms with E-state index in [2.05, 4.69) is 31.4 Å². The molecular weight excluding hydrogens is 400 g/mol. The predicted molar refractivity (Wildman–Crippen MR) is 96.9 cm³/mol. The molecule has 2 fully saturated rings. The molecular formula is C18H19BrN4O3. The summed E-state index contributed by atoms with van der Waals surface area (Å²) in [6, 6.07) is 7.10. The molecule has 7 nitrogen and oxygen atoms in total. The topological polar surface area (TPSA) is 88.3 Å². The Morgan fingerprint density at radius 1 is 1.08 bits per heavy atom. The molecule has 1 aliphatic carbocycles. The summed E-state index contributed by atoms with van der Waals surface area (Å²) in [5, 5.41) is 10.9. The average Bonchev–Trinajstić information content (AvgIpc) is 3.08. The lowest BCUT2D eigenvalue weighted by molar-refractivity contribution is -0.132. The first-order valence-electron chi connectivity index (χ1n) is 8.80. The number of imide groups is 1. The summed E-state index contributed by atoms with van der Waals surface area (Å²) in [6.07, 6.45) is 5.50.